The molecule has 0 aliphatic rings. The molecule has 0 aliphatic carbocycles. The van der Waals surface area contributed by atoms with Crippen LogP contribution in [0, 0.1) is 0 Å². The third-order valence-electron chi connectivity index (χ3n) is 4.42. The minimum absolute atomic E-state index is 0.285. The zero-order valence-electron chi connectivity index (χ0n) is 16.6. The largest absolute Gasteiger partial charge is 0.465 e. The Morgan fingerprint density at radius 1 is 0.897 bits per heavy atom. The van der Waals surface area contributed by atoms with Gasteiger partial charge in [-0.15, -0.1) is 0 Å². The Balaban J connectivity index is 1.68. The topological polar surface area (TPSA) is 80.3 Å². The maximum absolute atomic E-state index is 12.5. The highest BCUT2D eigenvalue weighted by Crippen LogP contribution is 2.20. The van der Waals surface area contributed by atoms with Crippen LogP contribution in [0.1, 0.15) is 46.2 Å². The van der Waals surface area contributed by atoms with Gasteiger partial charge in [-0.1, -0.05) is 26.0 Å². The van der Waals surface area contributed by atoms with E-state index in [1.165, 1.54) is 12.7 Å². The highest BCUT2D eigenvalue weighted by atomic mass is 16.5. The van der Waals surface area contributed by atoms with E-state index in [1.807, 2.05) is 24.3 Å². The molecule has 0 bridgehead atoms. The summed E-state index contributed by atoms with van der Waals surface area (Å²) in [6.45, 7) is 4.25. The van der Waals surface area contributed by atoms with Crippen molar-refractivity contribution in [1.29, 1.82) is 0 Å². The summed E-state index contributed by atoms with van der Waals surface area (Å²) in [4.78, 5) is 28.2. The van der Waals surface area contributed by atoms with Crippen molar-refractivity contribution in [2.45, 2.75) is 19.8 Å². The summed E-state index contributed by atoms with van der Waals surface area (Å²) in [5, 5.41) is 6.06. The van der Waals surface area contributed by atoms with Crippen LogP contribution in [0.3, 0.4) is 0 Å². The molecule has 1 amide bonds. The summed E-state index contributed by atoms with van der Waals surface area (Å²) < 4.78 is 4.69. The van der Waals surface area contributed by atoms with Crippen LogP contribution < -0.4 is 10.6 Å². The molecule has 6 heteroatoms. The number of aromatic nitrogens is 1. The summed E-state index contributed by atoms with van der Waals surface area (Å²) in [6.07, 6.45) is 1.57. The lowest BCUT2D eigenvalue weighted by molar-refractivity contribution is 0.0600. The highest BCUT2D eigenvalue weighted by molar-refractivity contribution is 6.03. The Bertz CT molecular complexity index is 997. The lowest BCUT2D eigenvalue weighted by Gasteiger charge is -2.10. The van der Waals surface area contributed by atoms with Crippen molar-refractivity contribution in [3.8, 4) is 0 Å². The number of rotatable bonds is 6. The van der Waals surface area contributed by atoms with Crippen molar-refractivity contribution in [3.63, 3.8) is 0 Å². The van der Waals surface area contributed by atoms with E-state index in [4.69, 9.17) is 4.74 Å². The first-order valence-corrected chi connectivity index (χ1v) is 9.29. The van der Waals surface area contributed by atoms with Gasteiger partial charge in [0.15, 0.2) is 0 Å². The molecule has 29 heavy (non-hydrogen) atoms. The van der Waals surface area contributed by atoms with E-state index >= 15 is 0 Å². The predicted octanol–water partition coefficient (Wildman–Crippen LogP) is 4.99. The fourth-order valence-corrected chi connectivity index (χ4v) is 2.75. The first kappa shape index (κ1) is 20.1. The van der Waals surface area contributed by atoms with Crippen LogP contribution in [0.2, 0.25) is 0 Å². The van der Waals surface area contributed by atoms with Crippen molar-refractivity contribution in [1.82, 2.24) is 4.98 Å². The van der Waals surface area contributed by atoms with Gasteiger partial charge in [-0.2, -0.15) is 0 Å². The minimum atomic E-state index is -0.388. The minimum Gasteiger partial charge on any atom is -0.465 e. The number of benzene rings is 2. The van der Waals surface area contributed by atoms with Gasteiger partial charge in [0.1, 0.15) is 5.69 Å². The Morgan fingerprint density at radius 2 is 1.55 bits per heavy atom. The molecule has 0 saturated heterocycles. The number of anilines is 3. The number of amides is 1. The smallest absolute Gasteiger partial charge is 0.337 e. The number of ether oxygens (including phenoxy) is 1. The highest BCUT2D eigenvalue weighted by Gasteiger charge is 2.10. The van der Waals surface area contributed by atoms with Gasteiger partial charge in [0.25, 0.3) is 5.91 Å². The molecule has 2 aromatic carbocycles. The van der Waals surface area contributed by atoms with E-state index in [-0.39, 0.29) is 11.9 Å². The average molecular weight is 389 g/mol. The maximum atomic E-state index is 12.5. The van der Waals surface area contributed by atoms with Crippen molar-refractivity contribution in [2.75, 3.05) is 17.7 Å². The Morgan fingerprint density at radius 3 is 2.17 bits per heavy atom. The van der Waals surface area contributed by atoms with Crippen LogP contribution in [0.15, 0.2) is 66.9 Å². The van der Waals surface area contributed by atoms with E-state index in [0.717, 1.165) is 11.4 Å². The van der Waals surface area contributed by atoms with Crippen molar-refractivity contribution in [2.24, 2.45) is 0 Å². The number of hydrogen-bond donors (Lipinski definition) is 2. The molecule has 0 unspecified atom stereocenters. The monoisotopic (exact) mass is 389 g/mol. The second kappa shape index (κ2) is 9.01. The van der Waals surface area contributed by atoms with Gasteiger partial charge in [0.05, 0.1) is 12.7 Å². The Hall–Kier alpha value is -3.67. The molecule has 0 spiro atoms. The molecule has 1 aromatic heterocycles. The number of methoxy groups -OCH3 is 1. The molecule has 1 heterocycles. The molecule has 0 aliphatic heterocycles. The molecule has 3 rings (SSSR count). The standard InChI is InChI=1S/C23H23N3O3/c1-15(2)16-4-8-19(9-5-16)26-22(27)21-14-20(12-13-24-21)25-18-10-6-17(7-11-18)23(28)29-3/h4-15H,1-3H3,(H,24,25)(H,26,27). The lowest BCUT2D eigenvalue weighted by atomic mass is 10.0. The summed E-state index contributed by atoms with van der Waals surface area (Å²) >= 11 is 0. The third kappa shape index (κ3) is 5.19. The summed E-state index contributed by atoms with van der Waals surface area (Å²) in [7, 11) is 1.34. The maximum Gasteiger partial charge on any atom is 0.337 e. The number of hydrogen-bond acceptors (Lipinski definition) is 5. The SMILES string of the molecule is COC(=O)c1ccc(Nc2ccnc(C(=O)Nc3ccc(C(C)C)cc3)c2)cc1. The normalized spacial score (nSPS) is 10.5. The molecule has 3 aromatic rings. The van der Waals surface area contributed by atoms with Crippen LogP contribution in [0.4, 0.5) is 17.1 Å². The number of carbonyl (C=O) groups excluding carboxylic acids is 2. The van der Waals surface area contributed by atoms with Crippen LogP contribution in [0.5, 0.6) is 0 Å². The third-order valence-corrected chi connectivity index (χ3v) is 4.42. The second-order valence-corrected chi connectivity index (χ2v) is 6.85. The van der Waals surface area contributed by atoms with E-state index in [1.54, 1.807) is 42.6 Å². The van der Waals surface area contributed by atoms with Crippen LogP contribution in [-0.2, 0) is 4.74 Å². The molecular weight excluding hydrogens is 366 g/mol. The van der Waals surface area contributed by atoms with Crippen molar-refractivity contribution < 1.29 is 14.3 Å². The number of nitrogens with zero attached hydrogens (tertiary/aromatic N) is 1. The number of esters is 1. The second-order valence-electron chi connectivity index (χ2n) is 6.85. The van der Waals surface area contributed by atoms with Crippen molar-refractivity contribution in [3.05, 3.63) is 83.7 Å². The Labute approximate surface area is 169 Å². The summed E-state index contributed by atoms with van der Waals surface area (Å²) in [5.41, 5.74) is 4.19. The fraction of sp³-hybridized carbons (Fsp3) is 0.174. The number of pyridine rings is 1. The molecule has 2 N–H and O–H groups in total. The first-order chi connectivity index (χ1) is 14.0. The first-order valence-electron chi connectivity index (χ1n) is 9.29. The van der Waals surface area contributed by atoms with Gasteiger partial charge >= 0.3 is 5.97 Å². The predicted molar refractivity (Wildman–Crippen MR) is 114 cm³/mol. The van der Waals surface area contributed by atoms with E-state index in [0.29, 0.717) is 22.9 Å². The van der Waals surface area contributed by atoms with E-state index < -0.39 is 0 Å². The zero-order chi connectivity index (χ0) is 20.8. The Kier molecular flexibility index (Phi) is 6.24. The van der Waals surface area contributed by atoms with Gasteiger partial charge in [-0.3, -0.25) is 9.78 Å². The molecule has 0 saturated carbocycles. The van der Waals surface area contributed by atoms with Gasteiger partial charge in [-0.05, 0) is 60.0 Å². The quantitative estimate of drug-likeness (QED) is 0.581. The number of nitrogens with one attached hydrogen (secondary N) is 2. The molecule has 148 valence electrons. The number of carbonyl (C=O) groups is 2. The van der Waals surface area contributed by atoms with Crippen LogP contribution in [-0.4, -0.2) is 24.0 Å². The van der Waals surface area contributed by atoms with Crippen molar-refractivity contribution >= 4 is 28.9 Å². The van der Waals surface area contributed by atoms with Crippen LogP contribution in [0.25, 0.3) is 0 Å². The van der Waals surface area contributed by atoms with Gasteiger partial charge in [0.2, 0.25) is 0 Å². The fourth-order valence-electron chi connectivity index (χ4n) is 2.75. The lowest BCUT2D eigenvalue weighted by Crippen LogP contribution is -2.13. The molecule has 6 nitrogen and oxygen atoms in total. The van der Waals surface area contributed by atoms with Crippen LogP contribution >= 0.6 is 0 Å². The molecule has 0 fully saturated rings. The average Bonchev–Trinajstić information content (AvgIpc) is 2.74. The molecular formula is C23H23N3O3. The summed E-state index contributed by atoms with van der Waals surface area (Å²) in [5.74, 6) is -0.237. The molecule has 0 atom stereocenters. The van der Waals surface area contributed by atoms with Gasteiger partial charge < -0.3 is 15.4 Å². The van der Waals surface area contributed by atoms with Gasteiger partial charge in [0, 0.05) is 23.3 Å². The molecule has 0 radical (unpaired) electrons. The zero-order valence-corrected chi connectivity index (χ0v) is 16.6. The van der Waals surface area contributed by atoms with E-state index in [9.17, 15) is 9.59 Å². The van der Waals surface area contributed by atoms with E-state index in [2.05, 4.69) is 29.5 Å². The summed E-state index contributed by atoms with van der Waals surface area (Å²) in [6, 6.07) is 18.1. The van der Waals surface area contributed by atoms with Gasteiger partial charge in [-0.25, -0.2) is 4.79 Å².